The second kappa shape index (κ2) is 4.19. The molecule has 0 aromatic carbocycles. The zero-order chi connectivity index (χ0) is 10.8. The second-order valence-corrected chi connectivity index (χ2v) is 4.31. The summed E-state index contributed by atoms with van der Waals surface area (Å²) >= 11 is 5.93. The van der Waals surface area contributed by atoms with E-state index in [4.69, 9.17) is 11.6 Å². The lowest BCUT2D eigenvalue weighted by Gasteiger charge is -2.22. The minimum atomic E-state index is 0.400. The summed E-state index contributed by atoms with van der Waals surface area (Å²) in [4.78, 5) is 17.1. The maximum atomic E-state index is 10.7. The first-order valence-corrected chi connectivity index (χ1v) is 5.48. The zero-order valence-electron chi connectivity index (χ0n) is 8.61. The van der Waals surface area contributed by atoms with Crippen LogP contribution in [0.25, 0.3) is 0 Å². The van der Waals surface area contributed by atoms with Gasteiger partial charge in [-0.25, -0.2) is 4.98 Å². The van der Waals surface area contributed by atoms with Gasteiger partial charge in [-0.2, -0.15) is 0 Å². The van der Waals surface area contributed by atoms with E-state index in [-0.39, 0.29) is 0 Å². The molecule has 0 aliphatic carbocycles. The molecular formula is C11H13ClN2O. The number of aldehydes is 1. The summed E-state index contributed by atoms with van der Waals surface area (Å²) in [6.07, 6.45) is 3.08. The molecule has 0 N–H and O–H groups in total. The number of pyridine rings is 1. The largest absolute Gasteiger partial charge is 0.354 e. The molecule has 1 atom stereocenters. The lowest BCUT2D eigenvalue weighted by Crippen LogP contribution is -2.27. The third-order valence-electron chi connectivity index (χ3n) is 2.76. The van der Waals surface area contributed by atoms with Crippen LogP contribution in [0.15, 0.2) is 12.1 Å². The summed E-state index contributed by atoms with van der Waals surface area (Å²) in [5.74, 6) is 0.814. The molecule has 0 saturated carbocycles. The van der Waals surface area contributed by atoms with Gasteiger partial charge in [0, 0.05) is 17.6 Å². The van der Waals surface area contributed by atoms with Crippen molar-refractivity contribution in [3.8, 4) is 0 Å². The van der Waals surface area contributed by atoms with E-state index in [2.05, 4.69) is 16.8 Å². The van der Waals surface area contributed by atoms with E-state index in [1.54, 1.807) is 6.07 Å². The Kier molecular flexibility index (Phi) is 2.91. The molecule has 0 radical (unpaired) electrons. The Labute approximate surface area is 94.1 Å². The fourth-order valence-corrected chi connectivity index (χ4v) is 2.19. The first-order valence-electron chi connectivity index (χ1n) is 5.10. The van der Waals surface area contributed by atoms with Gasteiger partial charge in [0.1, 0.15) is 11.5 Å². The lowest BCUT2D eigenvalue weighted by molar-refractivity contribution is 0.111. The maximum absolute atomic E-state index is 10.7. The minimum Gasteiger partial charge on any atom is -0.354 e. The molecule has 1 fully saturated rings. The van der Waals surface area contributed by atoms with E-state index in [0.717, 1.165) is 18.6 Å². The number of carbonyl (C=O) groups excluding carboxylic acids is 1. The van der Waals surface area contributed by atoms with Gasteiger partial charge < -0.3 is 4.90 Å². The Morgan fingerprint density at radius 2 is 2.40 bits per heavy atom. The highest BCUT2D eigenvalue weighted by atomic mass is 35.5. The molecule has 2 rings (SSSR count). The van der Waals surface area contributed by atoms with Crippen molar-refractivity contribution in [3.05, 3.63) is 22.8 Å². The molecule has 1 aliphatic rings. The summed E-state index contributed by atoms with van der Waals surface area (Å²) in [5.41, 5.74) is 0.400. The van der Waals surface area contributed by atoms with Gasteiger partial charge in [-0.05, 0) is 31.9 Å². The van der Waals surface area contributed by atoms with Gasteiger partial charge >= 0.3 is 0 Å². The number of anilines is 1. The molecule has 0 amide bonds. The van der Waals surface area contributed by atoms with Gasteiger partial charge in [-0.15, -0.1) is 0 Å². The molecule has 1 aliphatic heterocycles. The lowest BCUT2D eigenvalue weighted by atomic mass is 10.2. The number of aromatic nitrogens is 1. The molecule has 1 aromatic rings. The van der Waals surface area contributed by atoms with Gasteiger partial charge in [0.15, 0.2) is 6.29 Å². The summed E-state index contributed by atoms with van der Waals surface area (Å²) in [7, 11) is 0. The van der Waals surface area contributed by atoms with E-state index in [1.807, 2.05) is 6.07 Å². The van der Waals surface area contributed by atoms with Crippen LogP contribution in [0.1, 0.15) is 30.3 Å². The van der Waals surface area contributed by atoms with E-state index in [9.17, 15) is 4.79 Å². The highest BCUT2D eigenvalue weighted by molar-refractivity contribution is 6.31. The molecular weight excluding hydrogens is 212 g/mol. The van der Waals surface area contributed by atoms with Crippen molar-refractivity contribution < 1.29 is 4.79 Å². The zero-order valence-corrected chi connectivity index (χ0v) is 9.37. The number of halogens is 1. The molecule has 0 spiro atoms. The van der Waals surface area contributed by atoms with Gasteiger partial charge in [-0.3, -0.25) is 4.79 Å². The van der Waals surface area contributed by atoms with Gasteiger partial charge in [0.25, 0.3) is 0 Å². The number of carbonyl (C=O) groups is 1. The van der Waals surface area contributed by atoms with E-state index >= 15 is 0 Å². The Morgan fingerprint density at radius 1 is 1.60 bits per heavy atom. The standard InChI is InChI=1S/C11H13ClN2O/c1-8-3-2-4-14(8)11-6-9(12)5-10(7-15)13-11/h5-8H,2-4H2,1H3. The van der Waals surface area contributed by atoms with Crippen LogP contribution in [0.4, 0.5) is 5.82 Å². The van der Waals surface area contributed by atoms with Crippen LogP contribution in [-0.2, 0) is 0 Å². The number of hydrogen-bond donors (Lipinski definition) is 0. The Bertz CT molecular complexity index is 381. The fraction of sp³-hybridized carbons (Fsp3) is 0.455. The van der Waals surface area contributed by atoms with Gasteiger partial charge in [0.2, 0.25) is 0 Å². The van der Waals surface area contributed by atoms with E-state index in [1.165, 1.54) is 12.8 Å². The molecule has 15 heavy (non-hydrogen) atoms. The van der Waals surface area contributed by atoms with Gasteiger partial charge in [0.05, 0.1) is 0 Å². The predicted molar refractivity (Wildman–Crippen MR) is 60.7 cm³/mol. The smallest absolute Gasteiger partial charge is 0.168 e. The van der Waals surface area contributed by atoms with Crippen LogP contribution < -0.4 is 4.90 Å². The van der Waals surface area contributed by atoms with Crippen LogP contribution >= 0.6 is 11.6 Å². The van der Waals surface area contributed by atoms with E-state index in [0.29, 0.717) is 16.8 Å². The Morgan fingerprint density at radius 3 is 3.00 bits per heavy atom. The Balaban J connectivity index is 2.34. The van der Waals surface area contributed by atoms with Crippen LogP contribution in [0.3, 0.4) is 0 Å². The van der Waals surface area contributed by atoms with Crippen molar-refractivity contribution in [3.63, 3.8) is 0 Å². The van der Waals surface area contributed by atoms with Crippen molar-refractivity contribution in [2.24, 2.45) is 0 Å². The van der Waals surface area contributed by atoms with Crippen molar-refractivity contribution in [2.45, 2.75) is 25.8 Å². The fourth-order valence-electron chi connectivity index (χ4n) is 1.98. The highest BCUT2D eigenvalue weighted by Crippen LogP contribution is 2.25. The van der Waals surface area contributed by atoms with Crippen molar-refractivity contribution in [1.29, 1.82) is 0 Å². The quantitative estimate of drug-likeness (QED) is 0.724. The summed E-state index contributed by atoms with van der Waals surface area (Å²) in [6, 6.07) is 3.88. The third kappa shape index (κ3) is 2.12. The summed E-state index contributed by atoms with van der Waals surface area (Å²) < 4.78 is 0. The summed E-state index contributed by atoms with van der Waals surface area (Å²) in [6.45, 7) is 3.16. The molecule has 3 nitrogen and oxygen atoms in total. The first kappa shape index (κ1) is 10.4. The number of nitrogens with zero attached hydrogens (tertiary/aromatic N) is 2. The molecule has 1 unspecified atom stereocenters. The van der Waals surface area contributed by atoms with Crippen LogP contribution in [-0.4, -0.2) is 23.9 Å². The van der Waals surface area contributed by atoms with Crippen LogP contribution in [0, 0.1) is 0 Å². The van der Waals surface area contributed by atoms with Crippen molar-refractivity contribution in [2.75, 3.05) is 11.4 Å². The molecule has 2 heterocycles. The normalized spacial score (nSPS) is 20.7. The number of rotatable bonds is 2. The summed E-state index contributed by atoms with van der Waals surface area (Å²) in [5, 5.41) is 0.571. The van der Waals surface area contributed by atoms with Gasteiger partial charge in [-0.1, -0.05) is 11.6 Å². The topological polar surface area (TPSA) is 33.2 Å². The van der Waals surface area contributed by atoms with Crippen LogP contribution in [0.5, 0.6) is 0 Å². The molecule has 1 saturated heterocycles. The predicted octanol–water partition coefficient (Wildman–Crippen LogP) is 2.54. The SMILES string of the molecule is CC1CCCN1c1cc(Cl)cc(C=O)n1. The Hall–Kier alpha value is -1.09. The minimum absolute atomic E-state index is 0.400. The van der Waals surface area contributed by atoms with Crippen molar-refractivity contribution >= 4 is 23.7 Å². The molecule has 80 valence electrons. The molecule has 4 heteroatoms. The first-order chi connectivity index (χ1) is 7.20. The average Bonchev–Trinajstić information content (AvgIpc) is 2.63. The highest BCUT2D eigenvalue weighted by Gasteiger charge is 2.21. The average molecular weight is 225 g/mol. The van der Waals surface area contributed by atoms with E-state index < -0.39 is 0 Å². The second-order valence-electron chi connectivity index (χ2n) is 3.87. The van der Waals surface area contributed by atoms with Crippen LogP contribution in [0.2, 0.25) is 5.02 Å². The molecule has 1 aromatic heterocycles. The third-order valence-corrected chi connectivity index (χ3v) is 2.98. The number of hydrogen-bond acceptors (Lipinski definition) is 3. The van der Waals surface area contributed by atoms with Crippen molar-refractivity contribution in [1.82, 2.24) is 4.98 Å². The molecule has 0 bridgehead atoms. The maximum Gasteiger partial charge on any atom is 0.168 e. The monoisotopic (exact) mass is 224 g/mol.